The molecule has 0 aliphatic rings. The van der Waals surface area contributed by atoms with Crippen molar-refractivity contribution in [3.05, 3.63) is 240 Å². The molecule has 0 fully saturated rings. The van der Waals surface area contributed by atoms with Crippen LogP contribution in [0.2, 0.25) is 0 Å². The van der Waals surface area contributed by atoms with Crippen molar-refractivity contribution in [3.8, 4) is 152 Å². The number of hydrogen-bond acceptors (Lipinski definition) is 0. The molecule has 11 rings (SSSR count). The summed E-state index contributed by atoms with van der Waals surface area (Å²) in [5, 5.41) is 6.74. The van der Waals surface area contributed by atoms with Gasteiger partial charge in [-0.05, 0) is 159 Å². The van der Waals surface area contributed by atoms with E-state index in [-0.39, 0.29) is 0 Å². The van der Waals surface area contributed by atoms with Crippen LogP contribution in [0.15, 0.2) is 206 Å². The molecule has 0 atom stereocenters. The van der Waals surface area contributed by atoms with Gasteiger partial charge in [-0.2, -0.15) is 0 Å². The van der Waals surface area contributed by atoms with Crippen molar-refractivity contribution in [3.63, 3.8) is 0 Å². The van der Waals surface area contributed by atoms with Crippen LogP contribution in [0.25, 0.3) is 110 Å². The first-order valence-corrected chi connectivity index (χ1v) is 23.5. The fraction of sp³-hybridized carbons (Fsp3) is 0. The molecule has 72 heavy (non-hydrogen) atoms. The molecule has 0 unspecified atom stereocenters. The van der Waals surface area contributed by atoms with E-state index >= 15 is 0 Å². The van der Waals surface area contributed by atoms with Crippen LogP contribution in [0.5, 0.6) is 0 Å². The van der Waals surface area contributed by atoms with Crippen LogP contribution in [-0.2, 0) is 0 Å². The Morgan fingerprint density at radius 2 is 0.681 bits per heavy atom. The highest BCUT2D eigenvalue weighted by atomic mass is 14.3. The van der Waals surface area contributed by atoms with Gasteiger partial charge in [0, 0.05) is 33.4 Å². The van der Waals surface area contributed by atoms with Gasteiger partial charge < -0.3 is 0 Å². The zero-order valence-electron chi connectivity index (χ0n) is 39.1. The van der Waals surface area contributed by atoms with E-state index in [0.717, 1.165) is 110 Å². The molecule has 0 heterocycles. The van der Waals surface area contributed by atoms with Crippen molar-refractivity contribution in [1.82, 2.24) is 0 Å². The largest absolute Gasteiger partial charge is 0.115 e. The third kappa shape index (κ3) is 7.45. The monoisotopic (exact) mass is 904 g/mol. The summed E-state index contributed by atoms with van der Waals surface area (Å²) in [7, 11) is 0. The molecule has 0 bridgehead atoms. The maximum Gasteiger partial charge on any atom is 0.0477 e. The smallest absolute Gasteiger partial charge is 0.0477 e. The summed E-state index contributed by atoms with van der Waals surface area (Å²) in [6.07, 6.45) is 36.3. The van der Waals surface area contributed by atoms with E-state index < -0.39 is 0 Å². The lowest BCUT2D eigenvalue weighted by molar-refractivity contribution is 1.51. The van der Waals surface area contributed by atoms with E-state index in [0.29, 0.717) is 33.4 Å². The summed E-state index contributed by atoms with van der Waals surface area (Å²) in [5.74, 6) is 16.9. The molecular formula is C72H40. The Kier molecular flexibility index (Phi) is 11.4. The van der Waals surface area contributed by atoms with Gasteiger partial charge in [-0.25, -0.2) is 0 Å². The maximum absolute atomic E-state index is 6.30. The SMILES string of the molecule is C#Cc1ccc(-c2cccc(-c3cccc(C#C)c3C#C)c2-c2cc(-c3ccccc3)cc(-c3ccc(-c4c5ccccc5c(-c5ccc(C#C)c(C#C)c5)c5ccccc45)c4ccccc34)c2)cc1C#C. The molecule has 0 aliphatic heterocycles. The summed E-state index contributed by atoms with van der Waals surface area (Å²) in [6, 6.07) is 72.1. The molecule has 0 radical (unpaired) electrons. The van der Waals surface area contributed by atoms with Gasteiger partial charge in [0.2, 0.25) is 0 Å². The highest BCUT2D eigenvalue weighted by molar-refractivity contribution is 6.24. The Hall–Kier alpha value is -10.4. The number of terminal acetylenes is 6. The summed E-state index contributed by atoms with van der Waals surface area (Å²) in [6.45, 7) is 0. The highest BCUT2D eigenvalue weighted by Gasteiger charge is 2.23. The quantitative estimate of drug-likeness (QED) is 0.110. The fourth-order valence-corrected chi connectivity index (χ4v) is 10.5. The molecule has 328 valence electrons. The van der Waals surface area contributed by atoms with Crippen LogP contribution in [0, 0.1) is 74.1 Å². The first-order valence-electron chi connectivity index (χ1n) is 23.5. The third-order valence-electron chi connectivity index (χ3n) is 13.7. The minimum Gasteiger partial charge on any atom is -0.115 e. The van der Waals surface area contributed by atoms with Gasteiger partial charge >= 0.3 is 0 Å². The predicted octanol–water partition coefficient (Wildman–Crippen LogP) is 16.7. The van der Waals surface area contributed by atoms with E-state index in [9.17, 15) is 0 Å². The lowest BCUT2D eigenvalue weighted by atomic mass is 9.82. The van der Waals surface area contributed by atoms with E-state index in [1.54, 1.807) is 0 Å². The number of benzene rings is 11. The average molecular weight is 905 g/mol. The van der Waals surface area contributed by atoms with Gasteiger partial charge in [-0.15, -0.1) is 38.5 Å². The van der Waals surface area contributed by atoms with Gasteiger partial charge in [0.05, 0.1) is 0 Å². The molecule has 11 aromatic rings. The minimum atomic E-state index is 0.641. The second-order valence-corrected chi connectivity index (χ2v) is 17.6. The second kappa shape index (κ2) is 18.6. The summed E-state index contributed by atoms with van der Waals surface area (Å²) < 4.78 is 0. The number of hydrogen-bond donors (Lipinski definition) is 0. The standard InChI is InChI=1S/C72H40/c1-7-47-36-38-53(42-50(47)10-4)60-33-23-35-64(61-34-22-26-49(9-3)58(61)12-6)71(60)57-45-55(52-24-14-13-15-25-52)44-56(46-57)59-40-41-69(63-28-17-16-27-62(59)63)72-67-31-20-18-29-65(67)70(66-30-19-21-32-68(66)72)54-39-37-48(8-2)51(11-5)43-54/h1-6,13-46H. The van der Waals surface area contributed by atoms with Crippen LogP contribution >= 0.6 is 0 Å². The van der Waals surface area contributed by atoms with E-state index in [1.807, 2.05) is 54.6 Å². The lowest BCUT2D eigenvalue weighted by Crippen LogP contribution is -1.96. The van der Waals surface area contributed by atoms with Crippen molar-refractivity contribution in [2.24, 2.45) is 0 Å². The van der Waals surface area contributed by atoms with Crippen LogP contribution in [0.4, 0.5) is 0 Å². The van der Waals surface area contributed by atoms with Crippen molar-refractivity contribution in [2.75, 3.05) is 0 Å². The van der Waals surface area contributed by atoms with Gasteiger partial charge in [-0.3, -0.25) is 0 Å². The Bertz CT molecular complexity index is 4260. The summed E-state index contributed by atoms with van der Waals surface area (Å²) in [4.78, 5) is 0. The molecule has 0 nitrogen and oxygen atoms in total. The van der Waals surface area contributed by atoms with Gasteiger partial charge in [0.25, 0.3) is 0 Å². The normalized spacial score (nSPS) is 10.7. The van der Waals surface area contributed by atoms with Crippen molar-refractivity contribution >= 4 is 32.3 Å². The lowest BCUT2D eigenvalue weighted by Gasteiger charge is -2.21. The van der Waals surface area contributed by atoms with E-state index in [2.05, 4.69) is 187 Å². The average Bonchev–Trinajstić information content (AvgIpc) is 3.45. The predicted molar refractivity (Wildman–Crippen MR) is 305 cm³/mol. The van der Waals surface area contributed by atoms with Gasteiger partial charge in [0.1, 0.15) is 0 Å². The fourth-order valence-electron chi connectivity index (χ4n) is 10.5. The van der Waals surface area contributed by atoms with Crippen LogP contribution in [-0.4, -0.2) is 0 Å². The topological polar surface area (TPSA) is 0 Å². The van der Waals surface area contributed by atoms with Crippen molar-refractivity contribution in [1.29, 1.82) is 0 Å². The molecular weight excluding hydrogens is 865 g/mol. The van der Waals surface area contributed by atoms with Gasteiger partial charge in [-0.1, -0.05) is 193 Å². The molecule has 0 N–H and O–H groups in total. The number of fused-ring (bicyclic) bond motifs is 3. The summed E-state index contributed by atoms with van der Waals surface area (Å²) >= 11 is 0. The van der Waals surface area contributed by atoms with Crippen LogP contribution in [0.1, 0.15) is 33.4 Å². The Morgan fingerprint density at radius 3 is 1.29 bits per heavy atom. The molecule has 0 heteroatoms. The van der Waals surface area contributed by atoms with E-state index in [4.69, 9.17) is 38.5 Å². The molecule has 0 aliphatic carbocycles. The van der Waals surface area contributed by atoms with Crippen LogP contribution in [0.3, 0.4) is 0 Å². The molecule has 0 aromatic heterocycles. The number of rotatable bonds is 7. The van der Waals surface area contributed by atoms with Crippen molar-refractivity contribution < 1.29 is 0 Å². The first-order chi connectivity index (χ1) is 35.5. The molecule has 0 saturated carbocycles. The third-order valence-corrected chi connectivity index (χ3v) is 13.7. The molecule has 0 spiro atoms. The van der Waals surface area contributed by atoms with Crippen molar-refractivity contribution in [2.45, 2.75) is 0 Å². The Labute approximate surface area is 421 Å². The maximum atomic E-state index is 6.30. The minimum absolute atomic E-state index is 0.641. The van der Waals surface area contributed by atoms with Crippen LogP contribution < -0.4 is 0 Å². The first kappa shape index (κ1) is 44.1. The molecule has 11 aromatic carbocycles. The zero-order chi connectivity index (χ0) is 49.3. The summed E-state index contributed by atoms with van der Waals surface area (Å²) in [5.41, 5.74) is 18.3. The van der Waals surface area contributed by atoms with E-state index in [1.165, 1.54) is 0 Å². The molecule has 0 saturated heterocycles. The second-order valence-electron chi connectivity index (χ2n) is 17.6. The zero-order valence-corrected chi connectivity index (χ0v) is 39.1. The Morgan fingerprint density at radius 1 is 0.208 bits per heavy atom. The van der Waals surface area contributed by atoms with Gasteiger partial charge in [0.15, 0.2) is 0 Å². The molecule has 0 amide bonds. The highest BCUT2D eigenvalue weighted by Crippen LogP contribution is 2.49. The Balaban J connectivity index is 1.19.